The molecule has 1 aromatic heterocycles. The van der Waals surface area contributed by atoms with Gasteiger partial charge in [0.1, 0.15) is 6.04 Å². The van der Waals surface area contributed by atoms with Crippen molar-refractivity contribution in [3.8, 4) is 0 Å². The van der Waals surface area contributed by atoms with Gasteiger partial charge in [-0.05, 0) is 32.4 Å². The molecule has 0 radical (unpaired) electrons. The number of amides is 2. The van der Waals surface area contributed by atoms with Crippen LogP contribution in [0.1, 0.15) is 30.6 Å². The third-order valence-electron chi connectivity index (χ3n) is 4.79. The second-order valence-electron chi connectivity index (χ2n) is 6.40. The monoisotopic (exact) mass is 340 g/mol. The van der Waals surface area contributed by atoms with Crippen LogP contribution >= 0.6 is 0 Å². The van der Waals surface area contributed by atoms with Gasteiger partial charge >= 0.3 is 0 Å². The minimum Gasteiger partial charge on any atom is -0.341 e. The van der Waals surface area contributed by atoms with Gasteiger partial charge in [0, 0.05) is 37.3 Å². The number of para-hydroxylation sites is 1. The number of nitrogens with two attached hydrogens (primary N) is 1. The van der Waals surface area contributed by atoms with Crippen LogP contribution in [0, 0.1) is 0 Å². The lowest BCUT2D eigenvalue weighted by molar-refractivity contribution is -0.134. The summed E-state index contributed by atoms with van der Waals surface area (Å²) in [6.45, 7) is 5.52. The first-order valence-electron chi connectivity index (χ1n) is 8.75. The van der Waals surface area contributed by atoms with E-state index >= 15 is 0 Å². The fourth-order valence-corrected chi connectivity index (χ4v) is 3.43. The zero-order valence-corrected chi connectivity index (χ0v) is 14.7. The molecule has 1 aliphatic rings. The molecule has 132 valence electrons. The standard InChI is InChI=1S/C19H24N4O2/c1-3-22(4-2)19(25)17-10-15(20)12-23(17)18(24)14-9-13-7-5-6-8-16(13)21-11-14/h5-9,11,15,17H,3-4,10,12,20H2,1-2H3. The average molecular weight is 340 g/mol. The summed E-state index contributed by atoms with van der Waals surface area (Å²) in [5.74, 6) is -0.211. The molecule has 1 saturated heterocycles. The summed E-state index contributed by atoms with van der Waals surface area (Å²) < 4.78 is 0. The normalized spacial score (nSPS) is 20.0. The lowest BCUT2D eigenvalue weighted by Crippen LogP contribution is -2.47. The lowest BCUT2D eigenvalue weighted by atomic mass is 10.1. The summed E-state index contributed by atoms with van der Waals surface area (Å²) in [6, 6.07) is 8.81. The molecule has 0 saturated carbocycles. The number of likely N-dealkylation sites (tertiary alicyclic amines) is 1. The van der Waals surface area contributed by atoms with Crippen molar-refractivity contribution in [3.05, 3.63) is 42.1 Å². The van der Waals surface area contributed by atoms with Gasteiger partial charge in [-0.15, -0.1) is 0 Å². The van der Waals surface area contributed by atoms with Gasteiger partial charge in [0.25, 0.3) is 5.91 Å². The Morgan fingerprint density at radius 3 is 2.72 bits per heavy atom. The van der Waals surface area contributed by atoms with E-state index in [9.17, 15) is 9.59 Å². The lowest BCUT2D eigenvalue weighted by Gasteiger charge is -2.28. The van der Waals surface area contributed by atoms with E-state index in [0.717, 1.165) is 10.9 Å². The fraction of sp³-hybridized carbons (Fsp3) is 0.421. The Morgan fingerprint density at radius 1 is 1.28 bits per heavy atom. The van der Waals surface area contributed by atoms with Crippen molar-refractivity contribution < 1.29 is 9.59 Å². The topological polar surface area (TPSA) is 79.5 Å². The third-order valence-corrected chi connectivity index (χ3v) is 4.79. The number of rotatable bonds is 4. The van der Waals surface area contributed by atoms with Crippen LogP contribution in [0.15, 0.2) is 36.5 Å². The molecule has 2 heterocycles. The molecule has 0 spiro atoms. The van der Waals surface area contributed by atoms with E-state index < -0.39 is 6.04 Å². The van der Waals surface area contributed by atoms with Gasteiger partial charge in [-0.2, -0.15) is 0 Å². The predicted molar refractivity (Wildman–Crippen MR) is 97.1 cm³/mol. The molecule has 2 unspecified atom stereocenters. The largest absolute Gasteiger partial charge is 0.341 e. The Balaban J connectivity index is 1.88. The smallest absolute Gasteiger partial charge is 0.256 e. The van der Waals surface area contributed by atoms with Crippen molar-refractivity contribution in [2.45, 2.75) is 32.4 Å². The maximum absolute atomic E-state index is 13.0. The SMILES string of the molecule is CCN(CC)C(=O)C1CC(N)CN1C(=O)c1cnc2ccccc2c1. The minimum atomic E-state index is -0.492. The zero-order chi connectivity index (χ0) is 18.0. The first-order chi connectivity index (χ1) is 12.0. The van der Waals surface area contributed by atoms with E-state index in [1.807, 2.05) is 44.2 Å². The Hall–Kier alpha value is -2.47. The fourth-order valence-electron chi connectivity index (χ4n) is 3.43. The van der Waals surface area contributed by atoms with Crippen LogP contribution in [-0.4, -0.2) is 58.3 Å². The summed E-state index contributed by atoms with van der Waals surface area (Å²) >= 11 is 0. The molecule has 1 fully saturated rings. The second-order valence-corrected chi connectivity index (χ2v) is 6.40. The summed E-state index contributed by atoms with van der Waals surface area (Å²) in [6.07, 6.45) is 2.08. The van der Waals surface area contributed by atoms with Crippen LogP contribution < -0.4 is 5.73 Å². The molecule has 0 aliphatic carbocycles. The highest BCUT2D eigenvalue weighted by molar-refractivity contribution is 6.00. The number of benzene rings is 1. The number of hydrogen-bond acceptors (Lipinski definition) is 4. The van der Waals surface area contributed by atoms with E-state index in [1.165, 1.54) is 0 Å². The summed E-state index contributed by atoms with van der Waals surface area (Å²) in [7, 11) is 0. The highest BCUT2D eigenvalue weighted by Gasteiger charge is 2.40. The van der Waals surface area contributed by atoms with Crippen molar-refractivity contribution >= 4 is 22.7 Å². The molecular weight excluding hydrogens is 316 g/mol. The molecule has 3 rings (SSSR count). The number of carbonyl (C=O) groups is 2. The molecule has 2 amide bonds. The molecule has 2 aromatic rings. The van der Waals surface area contributed by atoms with Crippen molar-refractivity contribution in [1.29, 1.82) is 0 Å². The van der Waals surface area contributed by atoms with Gasteiger partial charge in [0.2, 0.25) is 5.91 Å². The number of pyridine rings is 1. The van der Waals surface area contributed by atoms with Crippen molar-refractivity contribution in [1.82, 2.24) is 14.8 Å². The van der Waals surface area contributed by atoms with Crippen LogP contribution in [0.2, 0.25) is 0 Å². The molecule has 0 bridgehead atoms. The molecule has 25 heavy (non-hydrogen) atoms. The third kappa shape index (κ3) is 3.35. The van der Waals surface area contributed by atoms with E-state index in [4.69, 9.17) is 5.73 Å². The minimum absolute atomic E-state index is 0.0277. The summed E-state index contributed by atoms with van der Waals surface area (Å²) in [5.41, 5.74) is 7.39. The van der Waals surface area contributed by atoms with Crippen molar-refractivity contribution in [3.63, 3.8) is 0 Å². The number of likely N-dealkylation sites (N-methyl/N-ethyl adjacent to an activating group) is 1. The highest BCUT2D eigenvalue weighted by atomic mass is 16.2. The molecule has 1 aliphatic heterocycles. The Bertz CT molecular complexity index is 788. The van der Waals surface area contributed by atoms with Gasteiger partial charge < -0.3 is 15.5 Å². The molecule has 2 atom stereocenters. The van der Waals surface area contributed by atoms with Crippen LogP contribution in [0.3, 0.4) is 0 Å². The molecule has 6 nitrogen and oxygen atoms in total. The van der Waals surface area contributed by atoms with E-state index in [0.29, 0.717) is 31.6 Å². The number of carbonyl (C=O) groups excluding carboxylic acids is 2. The van der Waals surface area contributed by atoms with Gasteiger partial charge in [0.15, 0.2) is 0 Å². The maximum Gasteiger partial charge on any atom is 0.256 e. The van der Waals surface area contributed by atoms with Gasteiger partial charge in [-0.25, -0.2) is 0 Å². The maximum atomic E-state index is 13.0. The number of fused-ring (bicyclic) bond motifs is 1. The predicted octanol–water partition coefficient (Wildman–Crippen LogP) is 1.65. The summed E-state index contributed by atoms with van der Waals surface area (Å²) in [5, 5.41) is 0.906. The van der Waals surface area contributed by atoms with Crippen LogP contribution in [0.5, 0.6) is 0 Å². The van der Waals surface area contributed by atoms with Crippen LogP contribution in [0.4, 0.5) is 0 Å². The summed E-state index contributed by atoms with van der Waals surface area (Å²) in [4.78, 5) is 33.5. The number of hydrogen-bond donors (Lipinski definition) is 1. The Labute approximate surface area is 147 Å². The first-order valence-corrected chi connectivity index (χ1v) is 8.75. The average Bonchev–Trinajstić information content (AvgIpc) is 3.03. The quantitative estimate of drug-likeness (QED) is 0.918. The van der Waals surface area contributed by atoms with Crippen LogP contribution in [-0.2, 0) is 4.79 Å². The van der Waals surface area contributed by atoms with E-state index in [2.05, 4.69) is 4.98 Å². The van der Waals surface area contributed by atoms with E-state index in [-0.39, 0.29) is 17.9 Å². The van der Waals surface area contributed by atoms with Gasteiger partial charge in [-0.1, -0.05) is 18.2 Å². The molecule has 6 heteroatoms. The van der Waals surface area contributed by atoms with Gasteiger partial charge in [0.05, 0.1) is 11.1 Å². The number of nitrogens with zero attached hydrogens (tertiary/aromatic N) is 3. The Kier molecular flexibility index (Phi) is 4.99. The number of aromatic nitrogens is 1. The first kappa shape index (κ1) is 17.4. The molecule has 2 N–H and O–H groups in total. The van der Waals surface area contributed by atoms with Crippen molar-refractivity contribution in [2.75, 3.05) is 19.6 Å². The second kappa shape index (κ2) is 7.19. The highest BCUT2D eigenvalue weighted by Crippen LogP contribution is 2.23. The molecular formula is C19H24N4O2. The Morgan fingerprint density at radius 2 is 2.00 bits per heavy atom. The van der Waals surface area contributed by atoms with E-state index in [1.54, 1.807) is 16.0 Å². The zero-order valence-electron chi connectivity index (χ0n) is 14.7. The molecule has 1 aromatic carbocycles. The van der Waals surface area contributed by atoms with Gasteiger partial charge in [-0.3, -0.25) is 14.6 Å². The van der Waals surface area contributed by atoms with Crippen molar-refractivity contribution in [2.24, 2.45) is 5.73 Å². The van der Waals surface area contributed by atoms with Crippen LogP contribution in [0.25, 0.3) is 10.9 Å².